The zero-order valence-corrected chi connectivity index (χ0v) is 9.30. The van der Waals surface area contributed by atoms with E-state index in [4.69, 9.17) is 5.11 Å². The molecule has 0 saturated carbocycles. The highest BCUT2D eigenvalue weighted by molar-refractivity contribution is 5.77. The lowest BCUT2D eigenvalue weighted by Gasteiger charge is -2.19. The van der Waals surface area contributed by atoms with E-state index in [0.717, 1.165) is 12.1 Å². The fourth-order valence-electron chi connectivity index (χ4n) is 1.32. The summed E-state index contributed by atoms with van der Waals surface area (Å²) >= 11 is 0. The average molecular weight is 247 g/mol. The second-order valence-electron chi connectivity index (χ2n) is 3.93. The summed E-state index contributed by atoms with van der Waals surface area (Å²) in [6.45, 7) is 3.23. The predicted octanol–water partition coefficient (Wildman–Crippen LogP) is 2.62. The number of nitrogens with one attached hydrogen (secondary N) is 1. The number of halogens is 3. The smallest absolute Gasteiger partial charge is 0.326 e. The third-order valence-electron chi connectivity index (χ3n) is 2.28. The van der Waals surface area contributed by atoms with Crippen LogP contribution in [0, 0.1) is 23.4 Å². The molecule has 0 fully saturated rings. The van der Waals surface area contributed by atoms with E-state index < -0.39 is 29.5 Å². The van der Waals surface area contributed by atoms with Gasteiger partial charge in [-0.1, -0.05) is 13.8 Å². The molecule has 0 aromatic heterocycles. The van der Waals surface area contributed by atoms with Gasteiger partial charge < -0.3 is 10.4 Å². The normalized spacial score (nSPS) is 12.6. The van der Waals surface area contributed by atoms with Crippen molar-refractivity contribution >= 4 is 11.7 Å². The second kappa shape index (κ2) is 5.07. The van der Waals surface area contributed by atoms with Gasteiger partial charge in [-0.3, -0.25) is 0 Å². The molecule has 0 spiro atoms. The maximum absolute atomic E-state index is 13.3. The summed E-state index contributed by atoms with van der Waals surface area (Å²) in [6.07, 6.45) is 0. The second-order valence-corrected chi connectivity index (χ2v) is 3.93. The van der Waals surface area contributed by atoms with Gasteiger partial charge >= 0.3 is 5.97 Å². The van der Waals surface area contributed by atoms with Gasteiger partial charge in [0, 0.05) is 0 Å². The Bertz CT molecular complexity index is 435. The summed E-state index contributed by atoms with van der Waals surface area (Å²) < 4.78 is 38.8. The van der Waals surface area contributed by atoms with E-state index >= 15 is 0 Å². The highest BCUT2D eigenvalue weighted by Gasteiger charge is 2.23. The van der Waals surface area contributed by atoms with Crippen LogP contribution in [0.15, 0.2) is 12.1 Å². The first-order valence-electron chi connectivity index (χ1n) is 4.97. The first kappa shape index (κ1) is 13.3. The Balaban J connectivity index is 3.02. The van der Waals surface area contributed by atoms with Gasteiger partial charge in [0.2, 0.25) is 0 Å². The first-order chi connectivity index (χ1) is 7.84. The fraction of sp³-hybridized carbons (Fsp3) is 0.364. The van der Waals surface area contributed by atoms with Crippen molar-refractivity contribution in [1.29, 1.82) is 0 Å². The van der Waals surface area contributed by atoms with Gasteiger partial charge in [-0.15, -0.1) is 0 Å². The van der Waals surface area contributed by atoms with Crippen molar-refractivity contribution in [2.45, 2.75) is 19.9 Å². The van der Waals surface area contributed by atoms with Crippen molar-refractivity contribution in [2.24, 2.45) is 5.92 Å². The number of benzene rings is 1. The Kier molecular flexibility index (Phi) is 3.98. The molecule has 0 radical (unpaired) electrons. The molecule has 94 valence electrons. The highest BCUT2D eigenvalue weighted by atomic mass is 19.2. The molecule has 17 heavy (non-hydrogen) atoms. The SMILES string of the molecule is CC(C)C(Nc1ccc(F)c(F)c1F)C(=O)O. The summed E-state index contributed by atoms with van der Waals surface area (Å²) in [5, 5.41) is 11.2. The molecule has 1 rings (SSSR count). The van der Waals surface area contributed by atoms with Gasteiger partial charge in [-0.25, -0.2) is 18.0 Å². The molecule has 0 heterocycles. The van der Waals surface area contributed by atoms with Crippen LogP contribution < -0.4 is 5.32 Å². The Labute approximate surface area is 96.3 Å². The minimum absolute atomic E-state index is 0.333. The molecule has 0 amide bonds. The van der Waals surface area contributed by atoms with E-state index in [2.05, 4.69) is 5.32 Å². The molecule has 1 atom stereocenters. The van der Waals surface area contributed by atoms with Gasteiger partial charge in [0.05, 0.1) is 5.69 Å². The third-order valence-corrected chi connectivity index (χ3v) is 2.28. The van der Waals surface area contributed by atoms with Crippen molar-refractivity contribution in [3.63, 3.8) is 0 Å². The van der Waals surface area contributed by atoms with Crippen LogP contribution in [-0.2, 0) is 4.79 Å². The number of carbonyl (C=O) groups is 1. The minimum Gasteiger partial charge on any atom is -0.480 e. The molecule has 0 saturated heterocycles. The van der Waals surface area contributed by atoms with Crippen LogP contribution in [0.25, 0.3) is 0 Å². The lowest BCUT2D eigenvalue weighted by molar-refractivity contribution is -0.138. The first-order valence-corrected chi connectivity index (χ1v) is 4.97. The fourth-order valence-corrected chi connectivity index (χ4v) is 1.32. The molecule has 6 heteroatoms. The van der Waals surface area contributed by atoms with Crippen molar-refractivity contribution in [3.05, 3.63) is 29.6 Å². The summed E-state index contributed by atoms with van der Waals surface area (Å²) in [5.41, 5.74) is -0.370. The Morgan fingerprint density at radius 3 is 2.29 bits per heavy atom. The maximum atomic E-state index is 13.3. The van der Waals surface area contributed by atoms with Crippen molar-refractivity contribution in [2.75, 3.05) is 5.32 Å². The van der Waals surface area contributed by atoms with Crippen LogP contribution >= 0.6 is 0 Å². The molecule has 0 aliphatic rings. The van der Waals surface area contributed by atoms with E-state index in [1.165, 1.54) is 0 Å². The number of anilines is 1. The quantitative estimate of drug-likeness (QED) is 0.804. The van der Waals surface area contributed by atoms with Crippen LogP contribution in [0.2, 0.25) is 0 Å². The number of rotatable bonds is 4. The van der Waals surface area contributed by atoms with Gasteiger partial charge in [0.25, 0.3) is 0 Å². The van der Waals surface area contributed by atoms with Crippen molar-refractivity contribution < 1.29 is 23.1 Å². The molecule has 0 bridgehead atoms. The third kappa shape index (κ3) is 2.89. The van der Waals surface area contributed by atoms with Gasteiger partial charge in [0.1, 0.15) is 6.04 Å². The number of hydrogen-bond acceptors (Lipinski definition) is 2. The Morgan fingerprint density at radius 2 is 1.82 bits per heavy atom. The van der Waals surface area contributed by atoms with Crippen molar-refractivity contribution in [3.8, 4) is 0 Å². The van der Waals surface area contributed by atoms with Gasteiger partial charge in [-0.2, -0.15) is 0 Å². The topological polar surface area (TPSA) is 49.3 Å². The largest absolute Gasteiger partial charge is 0.480 e. The van der Waals surface area contributed by atoms with E-state index in [0.29, 0.717) is 0 Å². The summed E-state index contributed by atoms with van der Waals surface area (Å²) in [5.74, 6) is -5.88. The molecule has 1 aromatic rings. The average Bonchev–Trinajstić information content (AvgIpc) is 2.24. The predicted molar refractivity (Wildman–Crippen MR) is 56.2 cm³/mol. The monoisotopic (exact) mass is 247 g/mol. The van der Waals surface area contributed by atoms with Crippen LogP contribution in [-0.4, -0.2) is 17.1 Å². The van der Waals surface area contributed by atoms with Crippen LogP contribution in [0.3, 0.4) is 0 Å². The molecule has 3 nitrogen and oxygen atoms in total. The molecule has 1 unspecified atom stereocenters. The molecule has 0 aliphatic carbocycles. The Hall–Kier alpha value is -1.72. The van der Waals surface area contributed by atoms with E-state index in [-0.39, 0.29) is 11.6 Å². The van der Waals surface area contributed by atoms with Crippen LogP contribution in [0.5, 0.6) is 0 Å². The van der Waals surface area contributed by atoms with Gasteiger partial charge in [0.15, 0.2) is 17.5 Å². The van der Waals surface area contributed by atoms with E-state index in [9.17, 15) is 18.0 Å². The zero-order chi connectivity index (χ0) is 13.2. The molecule has 2 N–H and O–H groups in total. The Morgan fingerprint density at radius 1 is 1.24 bits per heavy atom. The van der Waals surface area contributed by atoms with Gasteiger partial charge in [-0.05, 0) is 18.1 Å². The van der Waals surface area contributed by atoms with E-state index in [1.54, 1.807) is 13.8 Å². The molecular weight excluding hydrogens is 235 g/mol. The molecular formula is C11H12F3NO2. The van der Waals surface area contributed by atoms with Crippen molar-refractivity contribution in [1.82, 2.24) is 0 Å². The number of carboxylic acid groups (broad SMARTS) is 1. The molecule has 0 aliphatic heterocycles. The van der Waals surface area contributed by atoms with E-state index in [1.807, 2.05) is 0 Å². The minimum atomic E-state index is -1.62. The van der Waals surface area contributed by atoms with Crippen LogP contribution in [0.4, 0.5) is 18.9 Å². The molecule has 1 aromatic carbocycles. The lowest BCUT2D eigenvalue weighted by Crippen LogP contribution is -2.34. The maximum Gasteiger partial charge on any atom is 0.326 e. The standard InChI is InChI=1S/C11H12F3NO2/c1-5(2)10(11(16)17)15-7-4-3-6(12)8(13)9(7)14/h3-5,10,15H,1-2H3,(H,16,17). The highest BCUT2D eigenvalue weighted by Crippen LogP contribution is 2.21. The summed E-state index contributed by atoms with van der Waals surface area (Å²) in [6, 6.07) is 0.626. The summed E-state index contributed by atoms with van der Waals surface area (Å²) in [7, 11) is 0. The number of hydrogen-bond donors (Lipinski definition) is 2. The van der Waals surface area contributed by atoms with Crippen LogP contribution in [0.1, 0.15) is 13.8 Å². The summed E-state index contributed by atoms with van der Waals surface area (Å²) in [4.78, 5) is 10.9. The number of carboxylic acids is 1. The lowest BCUT2D eigenvalue weighted by atomic mass is 10.0. The number of aliphatic carboxylic acids is 1. The zero-order valence-electron chi connectivity index (χ0n) is 9.30.